The molecule has 0 aliphatic heterocycles. The maximum absolute atomic E-state index is 12.8. The zero-order valence-corrected chi connectivity index (χ0v) is 17.0. The second kappa shape index (κ2) is 7.96. The van der Waals surface area contributed by atoms with Crippen molar-refractivity contribution >= 4 is 17.5 Å². The predicted octanol–water partition coefficient (Wildman–Crippen LogP) is 4.47. The number of ketones is 1. The fraction of sp³-hybridized carbons (Fsp3) is 0.286. The number of thioether (sulfide) groups is 1. The molecule has 5 nitrogen and oxygen atoms in total. The highest BCUT2D eigenvalue weighted by molar-refractivity contribution is 8.00. The Morgan fingerprint density at radius 1 is 1.07 bits per heavy atom. The molecule has 0 fully saturated rings. The van der Waals surface area contributed by atoms with Gasteiger partial charge in [-0.15, -0.1) is 10.2 Å². The maximum Gasteiger partial charge on any atom is 0.191 e. The highest BCUT2D eigenvalue weighted by Gasteiger charge is 2.21. The van der Waals surface area contributed by atoms with Crippen LogP contribution in [0.2, 0.25) is 0 Å². The number of carbonyl (C=O) groups is 1. The first-order valence-electron chi connectivity index (χ1n) is 8.72. The van der Waals surface area contributed by atoms with Crippen molar-refractivity contribution in [2.75, 3.05) is 7.11 Å². The molecule has 0 bridgehead atoms. The van der Waals surface area contributed by atoms with Crippen LogP contribution in [0.25, 0.3) is 11.4 Å². The third-order valence-electron chi connectivity index (χ3n) is 4.63. The molecule has 0 N–H and O–H groups in total. The molecule has 0 spiro atoms. The van der Waals surface area contributed by atoms with E-state index in [0.29, 0.717) is 5.16 Å². The van der Waals surface area contributed by atoms with Gasteiger partial charge >= 0.3 is 0 Å². The predicted molar refractivity (Wildman–Crippen MR) is 109 cm³/mol. The van der Waals surface area contributed by atoms with Gasteiger partial charge in [-0.05, 0) is 62.2 Å². The number of hydrogen-bond acceptors (Lipinski definition) is 5. The Morgan fingerprint density at radius 3 is 2.41 bits per heavy atom. The Kier molecular flexibility index (Phi) is 5.65. The molecule has 0 aliphatic rings. The highest BCUT2D eigenvalue weighted by Crippen LogP contribution is 2.28. The Balaban J connectivity index is 1.78. The van der Waals surface area contributed by atoms with E-state index in [4.69, 9.17) is 4.74 Å². The molecule has 0 aliphatic carbocycles. The lowest BCUT2D eigenvalue weighted by Crippen LogP contribution is -2.14. The smallest absolute Gasteiger partial charge is 0.191 e. The molecule has 27 heavy (non-hydrogen) atoms. The second-order valence-electron chi connectivity index (χ2n) is 6.52. The van der Waals surface area contributed by atoms with Crippen LogP contribution in [0.4, 0.5) is 0 Å². The number of rotatable bonds is 6. The van der Waals surface area contributed by atoms with E-state index in [0.717, 1.165) is 28.3 Å². The monoisotopic (exact) mass is 381 g/mol. The molecule has 0 saturated heterocycles. The molecule has 0 saturated carbocycles. The van der Waals surface area contributed by atoms with Crippen LogP contribution in [0, 0.1) is 13.8 Å². The van der Waals surface area contributed by atoms with Crippen molar-refractivity contribution in [2.24, 2.45) is 7.05 Å². The number of benzene rings is 2. The number of aryl methyl sites for hydroxylation is 2. The zero-order chi connectivity index (χ0) is 19.6. The van der Waals surface area contributed by atoms with Crippen molar-refractivity contribution in [1.29, 1.82) is 0 Å². The average Bonchev–Trinajstić information content (AvgIpc) is 3.03. The van der Waals surface area contributed by atoms with Crippen molar-refractivity contribution in [2.45, 2.75) is 31.2 Å². The summed E-state index contributed by atoms with van der Waals surface area (Å²) in [6.07, 6.45) is 0. The Morgan fingerprint density at radius 2 is 1.78 bits per heavy atom. The van der Waals surface area contributed by atoms with E-state index in [-0.39, 0.29) is 11.0 Å². The number of nitrogens with zero attached hydrogens (tertiary/aromatic N) is 3. The van der Waals surface area contributed by atoms with E-state index in [1.807, 2.05) is 74.9 Å². The average molecular weight is 382 g/mol. The lowest BCUT2D eigenvalue weighted by atomic mass is 10.0. The minimum Gasteiger partial charge on any atom is -0.497 e. The van der Waals surface area contributed by atoms with Crippen LogP contribution >= 0.6 is 11.8 Å². The van der Waals surface area contributed by atoms with Gasteiger partial charge in [-0.1, -0.05) is 23.9 Å². The van der Waals surface area contributed by atoms with Gasteiger partial charge < -0.3 is 9.30 Å². The molecule has 6 heteroatoms. The van der Waals surface area contributed by atoms with Crippen LogP contribution in [-0.2, 0) is 7.05 Å². The van der Waals surface area contributed by atoms with Gasteiger partial charge in [-0.25, -0.2) is 0 Å². The van der Waals surface area contributed by atoms with Crippen molar-refractivity contribution in [3.05, 3.63) is 59.2 Å². The molecule has 3 aromatic rings. The fourth-order valence-corrected chi connectivity index (χ4v) is 3.64. The van der Waals surface area contributed by atoms with E-state index in [2.05, 4.69) is 10.2 Å². The molecule has 0 radical (unpaired) electrons. The quantitative estimate of drug-likeness (QED) is 0.466. The van der Waals surface area contributed by atoms with Crippen LogP contribution in [0.1, 0.15) is 28.4 Å². The normalized spacial score (nSPS) is 12.0. The molecule has 1 aromatic heterocycles. The van der Waals surface area contributed by atoms with Crippen molar-refractivity contribution < 1.29 is 9.53 Å². The molecule has 1 atom stereocenters. The number of ether oxygens (including phenoxy) is 1. The molecular formula is C21H23N3O2S. The fourth-order valence-electron chi connectivity index (χ4n) is 2.75. The van der Waals surface area contributed by atoms with Gasteiger partial charge in [-0.2, -0.15) is 0 Å². The van der Waals surface area contributed by atoms with Crippen LogP contribution in [0.5, 0.6) is 5.75 Å². The van der Waals surface area contributed by atoms with E-state index in [1.54, 1.807) is 7.11 Å². The third kappa shape index (κ3) is 4.06. The highest BCUT2D eigenvalue weighted by atomic mass is 32.2. The molecular weight excluding hydrogens is 358 g/mol. The van der Waals surface area contributed by atoms with Crippen molar-refractivity contribution in [1.82, 2.24) is 14.8 Å². The lowest BCUT2D eigenvalue weighted by molar-refractivity contribution is 0.0993. The standard InChI is InChI=1S/C21H23N3O2S/c1-13-6-7-17(12-14(13)2)19(25)15(3)27-21-23-22-20(24(21)4)16-8-10-18(26-5)11-9-16/h6-12,15H,1-5H3/t15-/m0/s1. The number of carbonyl (C=O) groups excluding carboxylic acids is 1. The van der Waals surface area contributed by atoms with E-state index in [9.17, 15) is 4.79 Å². The Hall–Kier alpha value is -2.60. The number of methoxy groups -OCH3 is 1. The maximum atomic E-state index is 12.8. The van der Waals surface area contributed by atoms with Gasteiger partial charge in [0.2, 0.25) is 0 Å². The van der Waals surface area contributed by atoms with Gasteiger partial charge in [0, 0.05) is 18.2 Å². The summed E-state index contributed by atoms with van der Waals surface area (Å²) in [5.41, 5.74) is 3.99. The number of aromatic nitrogens is 3. The summed E-state index contributed by atoms with van der Waals surface area (Å²) in [4.78, 5) is 12.8. The summed E-state index contributed by atoms with van der Waals surface area (Å²) >= 11 is 1.42. The van der Waals surface area contributed by atoms with Crippen LogP contribution in [-0.4, -0.2) is 32.9 Å². The van der Waals surface area contributed by atoms with Crippen LogP contribution < -0.4 is 4.74 Å². The zero-order valence-electron chi connectivity index (χ0n) is 16.2. The molecule has 0 amide bonds. The van der Waals surface area contributed by atoms with Crippen LogP contribution in [0.3, 0.4) is 0 Å². The second-order valence-corrected chi connectivity index (χ2v) is 7.83. The van der Waals surface area contributed by atoms with Gasteiger partial charge in [0.1, 0.15) is 5.75 Å². The summed E-state index contributed by atoms with van der Waals surface area (Å²) in [7, 11) is 3.55. The van der Waals surface area contributed by atoms with Gasteiger partial charge in [-0.3, -0.25) is 4.79 Å². The van der Waals surface area contributed by atoms with E-state index < -0.39 is 0 Å². The summed E-state index contributed by atoms with van der Waals surface area (Å²) in [5, 5.41) is 9.03. The minimum absolute atomic E-state index is 0.0945. The summed E-state index contributed by atoms with van der Waals surface area (Å²) in [6, 6.07) is 13.5. The first-order valence-corrected chi connectivity index (χ1v) is 9.60. The molecule has 2 aromatic carbocycles. The number of hydrogen-bond donors (Lipinski definition) is 0. The third-order valence-corrected chi connectivity index (χ3v) is 5.76. The molecule has 3 rings (SSSR count). The van der Waals surface area contributed by atoms with Crippen molar-refractivity contribution in [3.8, 4) is 17.1 Å². The summed E-state index contributed by atoms with van der Waals surface area (Å²) in [5.74, 6) is 1.64. The first-order chi connectivity index (χ1) is 12.9. The Labute approximate surface area is 163 Å². The van der Waals surface area contributed by atoms with Crippen LogP contribution in [0.15, 0.2) is 47.6 Å². The van der Waals surface area contributed by atoms with E-state index >= 15 is 0 Å². The molecule has 140 valence electrons. The minimum atomic E-state index is -0.251. The van der Waals surface area contributed by atoms with Gasteiger partial charge in [0.25, 0.3) is 0 Å². The SMILES string of the molecule is COc1ccc(-c2nnc(S[C@@H](C)C(=O)c3ccc(C)c(C)c3)n2C)cc1. The van der Waals surface area contributed by atoms with E-state index in [1.165, 1.54) is 17.3 Å². The topological polar surface area (TPSA) is 57.0 Å². The van der Waals surface area contributed by atoms with Crippen molar-refractivity contribution in [3.63, 3.8) is 0 Å². The van der Waals surface area contributed by atoms with Gasteiger partial charge in [0.15, 0.2) is 16.8 Å². The lowest BCUT2D eigenvalue weighted by Gasteiger charge is -2.11. The van der Waals surface area contributed by atoms with Gasteiger partial charge in [0.05, 0.1) is 12.4 Å². The molecule has 1 heterocycles. The summed E-state index contributed by atoms with van der Waals surface area (Å²) < 4.78 is 7.11. The summed E-state index contributed by atoms with van der Waals surface area (Å²) in [6.45, 7) is 5.97. The Bertz CT molecular complexity index is 964. The first kappa shape index (κ1) is 19.2. The number of Topliss-reactive ketones (excluding diaryl/α,β-unsaturated/α-hetero) is 1. The molecule has 0 unspecified atom stereocenters. The largest absolute Gasteiger partial charge is 0.497 e.